The summed E-state index contributed by atoms with van der Waals surface area (Å²) in [4.78, 5) is 27.0. The molecule has 0 aromatic heterocycles. The Hall–Kier alpha value is -1.88. The van der Waals surface area contributed by atoms with Crippen LogP contribution < -0.4 is 4.74 Å². The third-order valence-corrected chi connectivity index (χ3v) is 5.26. The molecule has 136 valence electrons. The fraction of sp³-hybridized carbons (Fsp3) is 0.600. The second kappa shape index (κ2) is 8.00. The maximum atomic E-state index is 13.0. The Morgan fingerprint density at radius 2 is 2.12 bits per heavy atom. The first-order chi connectivity index (χ1) is 12.1. The lowest BCUT2D eigenvalue weighted by atomic mass is 9.94. The largest absolute Gasteiger partial charge is 0.491 e. The monoisotopic (exact) mass is 345 g/mol. The third-order valence-electron chi connectivity index (χ3n) is 5.26. The van der Waals surface area contributed by atoms with Crippen LogP contribution in [0.25, 0.3) is 0 Å². The van der Waals surface area contributed by atoms with Gasteiger partial charge in [-0.05, 0) is 50.5 Å². The summed E-state index contributed by atoms with van der Waals surface area (Å²) in [5.41, 5.74) is 0.633. The number of amides is 1. The van der Waals surface area contributed by atoms with Crippen molar-refractivity contribution in [3.05, 3.63) is 29.8 Å². The van der Waals surface area contributed by atoms with Crippen LogP contribution in [0.1, 0.15) is 49.9 Å². The predicted molar refractivity (Wildman–Crippen MR) is 94.8 cm³/mol. The normalized spacial score (nSPS) is 25.0. The van der Waals surface area contributed by atoms with Crippen molar-refractivity contribution in [1.29, 1.82) is 0 Å². The molecule has 0 radical (unpaired) electrons. The van der Waals surface area contributed by atoms with Gasteiger partial charge in [0.25, 0.3) is 5.91 Å². The summed E-state index contributed by atoms with van der Waals surface area (Å²) < 4.78 is 11.3. The van der Waals surface area contributed by atoms with Crippen molar-refractivity contribution in [2.75, 3.05) is 19.8 Å². The highest BCUT2D eigenvalue weighted by atomic mass is 16.5. The molecule has 1 saturated heterocycles. The van der Waals surface area contributed by atoms with Crippen molar-refractivity contribution < 1.29 is 19.1 Å². The molecule has 25 heavy (non-hydrogen) atoms. The standard InChI is InChI=1S/C20H27NO4/c1-3-14(2)25-16-9-7-15(8-10-16)20(23)21-11-12-24-13-18(21)17-5-4-6-19(17)22/h7-10,14,17-18H,3-6,11-13H2,1-2H3. The molecule has 1 saturated carbocycles. The minimum Gasteiger partial charge on any atom is -0.491 e. The van der Waals surface area contributed by atoms with Crippen LogP contribution in [0.4, 0.5) is 0 Å². The SMILES string of the molecule is CCC(C)Oc1ccc(C(=O)N2CCOCC2C2CCCC2=O)cc1. The van der Waals surface area contributed by atoms with Gasteiger partial charge in [-0.25, -0.2) is 0 Å². The van der Waals surface area contributed by atoms with E-state index in [9.17, 15) is 9.59 Å². The highest BCUT2D eigenvalue weighted by Crippen LogP contribution is 2.30. The Morgan fingerprint density at radius 1 is 1.36 bits per heavy atom. The van der Waals surface area contributed by atoms with Crippen molar-refractivity contribution >= 4 is 11.7 Å². The molecule has 1 aliphatic heterocycles. The smallest absolute Gasteiger partial charge is 0.254 e. The molecule has 5 nitrogen and oxygen atoms in total. The number of ketones is 1. The Labute approximate surface area is 149 Å². The van der Waals surface area contributed by atoms with E-state index in [1.165, 1.54) is 0 Å². The van der Waals surface area contributed by atoms with Gasteiger partial charge < -0.3 is 14.4 Å². The highest BCUT2D eigenvalue weighted by Gasteiger charge is 2.39. The van der Waals surface area contributed by atoms with Gasteiger partial charge in [-0.2, -0.15) is 0 Å². The molecule has 3 unspecified atom stereocenters. The number of Topliss-reactive ketones (excluding diaryl/α,β-unsaturated/α-hetero) is 1. The van der Waals surface area contributed by atoms with Crippen LogP contribution in [0.2, 0.25) is 0 Å². The van der Waals surface area contributed by atoms with Crippen LogP contribution in [0.3, 0.4) is 0 Å². The van der Waals surface area contributed by atoms with E-state index < -0.39 is 0 Å². The first-order valence-corrected chi connectivity index (χ1v) is 9.28. The van der Waals surface area contributed by atoms with Crippen LogP contribution in [-0.4, -0.2) is 48.5 Å². The summed E-state index contributed by atoms with van der Waals surface area (Å²) in [7, 11) is 0. The van der Waals surface area contributed by atoms with Crippen LogP contribution in [0.15, 0.2) is 24.3 Å². The molecule has 1 aliphatic carbocycles. The number of ether oxygens (including phenoxy) is 2. The van der Waals surface area contributed by atoms with Gasteiger partial charge in [0.2, 0.25) is 0 Å². The first kappa shape index (κ1) is 17.9. The summed E-state index contributed by atoms with van der Waals surface area (Å²) >= 11 is 0. The second-order valence-corrected chi connectivity index (χ2v) is 6.97. The van der Waals surface area contributed by atoms with E-state index in [0.29, 0.717) is 31.7 Å². The molecule has 1 amide bonds. The summed E-state index contributed by atoms with van der Waals surface area (Å²) in [6.45, 7) is 5.62. The molecule has 1 aromatic rings. The molecule has 1 aromatic carbocycles. The minimum absolute atomic E-state index is 0.0249. The number of carbonyl (C=O) groups is 2. The van der Waals surface area contributed by atoms with E-state index in [4.69, 9.17) is 9.47 Å². The average Bonchev–Trinajstić information content (AvgIpc) is 3.07. The zero-order valence-corrected chi connectivity index (χ0v) is 15.1. The summed E-state index contributed by atoms with van der Waals surface area (Å²) in [5, 5.41) is 0. The molecule has 3 rings (SSSR count). The van der Waals surface area contributed by atoms with Crippen LogP contribution >= 0.6 is 0 Å². The van der Waals surface area contributed by atoms with Crippen LogP contribution in [0, 0.1) is 5.92 Å². The second-order valence-electron chi connectivity index (χ2n) is 6.97. The van der Waals surface area contributed by atoms with Crippen LogP contribution in [0.5, 0.6) is 5.75 Å². The zero-order valence-electron chi connectivity index (χ0n) is 15.1. The summed E-state index contributed by atoms with van der Waals surface area (Å²) in [6, 6.07) is 7.17. The molecule has 0 spiro atoms. The number of hydrogen-bond acceptors (Lipinski definition) is 4. The summed E-state index contributed by atoms with van der Waals surface area (Å²) in [6.07, 6.45) is 3.50. The van der Waals surface area contributed by atoms with Crippen molar-refractivity contribution in [2.45, 2.75) is 51.7 Å². The van der Waals surface area contributed by atoms with Gasteiger partial charge in [0, 0.05) is 24.4 Å². The van der Waals surface area contributed by atoms with E-state index in [1.807, 2.05) is 36.1 Å². The maximum absolute atomic E-state index is 13.0. The molecule has 0 N–H and O–H groups in total. The van der Waals surface area contributed by atoms with Gasteiger partial charge in [0.05, 0.1) is 25.4 Å². The van der Waals surface area contributed by atoms with Crippen molar-refractivity contribution in [2.24, 2.45) is 5.92 Å². The fourth-order valence-corrected chi connectivity index (χ4v) is 3.62. The lowest BCUT2D eigenvalue weighted by molar-refractivity contribution is -0.124. The van der Waals surface area contributed by atoms with Gasteiger partial charge in [0.15, 0.2) is 0 Å². The average molecular weight is 345 g/mol. The number of hydrogen-bond donors (Lipinski definition) is 0. The van der Waals surface area contributed by atoms with E-state index >= 15 is 0 Å². The fourth-order valence-electron chi connectivity index (χ4n) is 3.62. The molecular weight excluding hydrogens is 318 g/mol. The quantitative estimate of drug-likeness (QED) is 0.823. The van der Waals surface area contributed by atoms with E-state index in [2.05, 4.69) is 6.92 Å². The van der Waals surface area contributed by atoms with Gasteiger partial charge in [0.1, 0.15) is 11.5 Å². The van der Waals surface area contributed by atoms with E-state index in [1.54, 1.807) is 0 Å². The van der Waals surface area contributed by atoms with E-state index in [0.717, 1.165) is 25.0 Å². The highest BCUT2D eigenvalue weighted by molar-refractivity contribution is 5.95. The lowest BCUT2D eigenvalue weighted by Crippen LogP contribution is -2.53. The topological polar surface area (TPSA) is 55.8 Å². The maximum Gasteiger partial charge on any atom is 0.254 e. The summed E-state index contributed by atoms with van der Waals surface area (Å²) in [5.74, 6) is 0.946. The predicted octanol–water partition coefficient (Wildman–Crippen LogP) is 3.07. The van der Waals surface area contributed by atoms with Crippen molar-refractivity contribution in [3.8, 4) is 5.75 Å². The van der Waals surface area contributed by atoms with Gasteiger partial charge >= 0.3 is 0 Å². The molecule has 1 heterocycles. The zero-order chi connectivity index (χ0) is 17.8. The number of benzene rings is 1. The Balaban J connectivity index is 1.72. The molecular formula is C20H27NO4. The number of nitrogens with zero attached hydrogens (tertiary/aromatic N) is 1. The first-order valence-electron chi connectivity index (χ1n) is 9.28. The van der Waals surface area contributed by atoms with Gasteiger partial charge in [-0.1, -0.05) is 6.92 Å². The van der Waals surface area contributed by atoms with E-state index in [-0.39, 0.29) is 29.8 Å². The Bertz CT molecular complexity index is 613. The molecule has 3 atom stereocenters. The number of morpholine rings is 1. The van der Waals surface area contributed by atoms with Crippen molar-refractivity contribution in [3.63, 3.8) is 0 Å². The minimum atomic E-state index is -0.132. The number of rotatable bonds is 5. The van der Waals surface area contributed by atoms with Crippen molar-refractivity contribution in [1.82, 2.24) is 4.90 Å². The Morgan fingerprint density at radius 3 is 2.76 bits per heavy atom. The van der Waals surface area contributed by atoms with Crippen LogP contribution in [-0.2, 0) is 9.53 Å². The molecule has 5 heteroatoms. The van der Waals surface area contributed by atoms with Gasteiger partial charge in [-0.15, -0.1) is 0 Å². The molecule has 2 fully saturated rings. The molecule has 0 bridgehead atoms. The van der Waals surface area contributed by atoms with Gasteiger partial charge in [-0.3, -0.25) is 9.59 Å². The Kier molecular flexibility index (Phi) is 5.74. The number of carbonyl (C=O) groups excluding carboxylic acids is 2. The third kappa shape index (κ3) is 4.03. The molecule has 2 aliphatic rings. The lowest BCUT2D eigenvalue weighted by Gasteiger charge is -2.38.